The van der Waals surface area contributed by atoms with Crippen molar-refractivity contribution in [2.24, 2.45) is 0 Å². The van der Waals surface area contributed by atoms with E-state index < -0.39 is 6.10 Å². The highest BCUT2D eigenvalue weighted by molar-refractivity contribution is 6.30. The number of aliphatic hydroxyl groups is 1. The van der Waals surface area contributed by atoms with Gasteiger partial charge in [-0.15, -0.1) is 0 Å². The van der Waals surface area contributed by atoms with Crippen molar-refractivity contribution in [1.82, 2.24) is 5.32 Å². The van der Waals surface area contributed by atoms with E-state index in [-0.39, 0.29) is 6.04 Å². The summed E-state index contributed by atoms with van der Waals surface area (Å²) in [4.78, 5) is 0. The quantitative estimate of drug-likeness (QED) is 0.685. The molecule has 0 fully saturated rings. The number of unbranched alkanes of at least 4 members (excludes halogenated alkanes) is 1. The molecule has 0 aromatic heterocycles. The van der Waals surface area contributed by atoms with Gasteiger partial charge in [0.25, 0.3) is 0 Å². The first kappa shape index (κ1) is 16.4. The predicted molar refractivity (Wildman–Crippen MR) is 79.6 cm³/mol. The number of rotatable bonds is 9. The Morgan fingerprint density at radius 3 is 2.63 bits per heavy atom. The van der Waals surface area contributed by atoms with Gasteiger partial charge in [0.2, 0.25) is 0 Å². The molecular formula is C15H24ClNO2. The number of hydrogen-bond donors (Lipinski definition) is 2. The van der Waals surface area contributed by atoms with Crippen LogP contribution in [-0.4, -0.2) is 31.0 Å². The van der Waals surface area contributed by atoms with Gasteiger partial charge in [-0.1, -0.05) is 37.1 Å². The molecule has 0 saturated heterocycles. The van der Waals surface area contributed by atoms with Crippen molar-refractivity contribution < 1.29 is 9.84 Å². The van der Waals surface area contributed by atoms with Crippen LogP contribution in [0.3, 0.4) is 0 Å². The second-order valence-corrected chi connectivity index (χ2v) is 5.20. The zero-order chi connectivity index (χ0) is 14.1. The Labute approximate surface area is 120 Å². The smallest absolute Gasteiger partial charge is 0.0897 e. The lowest BCUT2D eigenvalue weighted by Crippen LogP contribution is -2.32. The molecule has 2 unspecified atom stereocenters. The van der Waals surface area contributed by atoms with E-state index in [1.54, 1.807) is 0 Å². The summed E-state index contributed by atoms with van der Waals surface area (Å²) in [6.45, 7) is 5.82. The molecule has 0 spiro atoms. The number of benzene rings is 1. The van der Waals surface area contributed by atoms with Gasteiger partial charge >= 0.3 is 0 Å². The minimum atomic E-state index is -0.466. The highest BCUT2D eigenvalue weighted by Gasteiger charge is 2.08. The molecule has 2 atom stereocenters. The molecule has 0 aliphatic carbocycles. The zero-order valence-electron chi connectivity index (χ0n) is 11.7. The van der Waals surface area contributed by atoms with Gasteiger partial charge < -0.3 is 15.2 Å². The zero-order valence-corrected chi connectivity index (χ0v) is 12.5. The Morgan fingerprint density at radius 1 is 1.32 bits per heavy atom. The highest BCUT2D eigenvalue weighted by atomic mass is 35.5. The first-order chi connectivity index (χ1) is 9.13. The summed E-state index contributed by atoms with van der Waals surface area (Å²) in [6.07, 6.45) is 1.69. The SMILES string of the molecule is CCCCOCC(O)CNC(C)c1ccc(Cl)cc1. The van der Waals surface area contributed by atoms with Gasteiger partial charge in [0.15, 0.2) is 0 Å². The van der Waals surface area contributed by atoms with Crippen molar-refractivity contribution in [3.05, 3.63) is 34.9 Å². The highest BCUT2D eigenvalue weighted by Crippen LogP contribution is 2.15. The van der Waals surface area contributed by atoms with E-state index in [1.807, 2.05) is 24.3 Å². The molecule has 3 nitrogen and oxygen atoms in total. The van der Waals surface area contributed by atoms with E-state index in [2.05, 4.69) is 19.2 Å². The number of halogens is 1. The first-order valence-electron chi connectivity index (χ1n) is 6.88. The van der Waals surface area contributed by atoms with Crippen molar-refractivity contribution in [2.75, 3.05) is 19.8 Å². The average molecular weight is 286 g/mol. The summed E-state index contributed by atoms with van der Waals surface area (Å²) in [5.74, 6) is 0. The van der Waals surface area contributed by atoms with Gasteiger partial charge in [0.05, 0.1) is 12.7 Å². The second kappa shape index (κ2) is 9.32. The Kier molecular flexibility index (Phi) is 8.07. The molecule has 2 N–H and O–H groups in total. The van der Waals surface area contributed by atoms with Gasteiger partial charge in [-0.2, -0.15) is 0 Å². The van der Waals surface area contributed by atoms with Crippen LogP contribution in [0.5, 0.6) is 0 Å². The molecule has 0 radical (unpaired) electrons. The fourth-order valence-corrected chi connectivity index (χ4v) is 1.83. The minimum absolute atomic E-state index is 0.183. The lowest BCUT2D eigenvalue weighted by Gasteiger charge is -2.17. The first-order valence-corrected chi connectivity index (χ1v) is 7.26. The third-order valence-electron chi connectivity index (χ3n) is 2.98. The minimum Gasteiger partial charge on any atom is -0.389 e. The second-order valence-electron chi connectivity index (χ2n) is 4.76. The maximum Gasteiger partial charge on any atom is 0.0897 e. The Balaban J connectivity index is 2.22. The normalized spacial score (nSPS) is 14.3. The van der Waals surface area contributed by atoms with E-state index in [1.165, 1.54) is 0 Å². The van der Waals surface area contributed by atoms with E-state index in [0.29, 0.717) is 13.2 Å². The third-order valence-corrected chi connectivity index (χ3v) is 3.23. The number of nitrogens with one attached hydrogen (secondary N) is 1. The largest absolute Gasteiger partial charge is 0.389 e. The summed E-state index contributed by atoms with van der Waals surface area (Å²) in [7, 11) is 0. The molecule has 108 valence electrons. The van der Waals surface area contributed by atoms with Crippen LogP contribution < -0.4 is 5.32 Å². The van der Waals surface area contributed by atoms with E-state index in [9.17, 15) is 5.11 Å². The maximum absolute atomic E-state index is 9.78. The van der Waals surface area contributed by atoms with Crippen LogP contribution in [0.25, 0.3) is 0 Å². The van der Waals surface area contributed by atoms with Gasteiger partial charge in [0.1, 0.15) is 0 Å². The van der Waals surface area contributed by atoms with Crippen molar-refractivity contribution >= 4 is 11.6 Å². The average Bonchev–Trinajstić information content (AvgIpc) is 2.42. The summed E-state index contributed by atoms with van der Waals surface area (Å²) in [5.41, 5.74) is 1.16. The van der Waals surface area contributed by atoms with Gasteiger partial charge in [0, 0.05) is 24.2 Å². The third kappa shape index (κ3) is 6.92. The fourth-order valence-electron chi connectivity index (χ4n) is 1.71. The summed E-state index contributed by atoms with van der Waals surface area (Å²) < 4.78 is 5.38. The van der Waals surface area contributed by atoms with E-state index >= 15 is 0 Å². The summed E-state index contributed by atoms with van der Waals surface area (Å²) >= 11 is 5.85. The van der Waals surface area contributed by atoms with Crippen molar-refractivity contribution in [3.63, 3.8) is 0 Å². The molecule has 0 aliphatic heterocycles. The number of ether oxygens (including phenoxy) is 1. The summed E-state index contributed by atoms with van der Waals surface area (Å²) in [5, 5.41) is 13.8. The number of hydrogen-bond acceptors (Lipinski definition) is 3. The lowest BCUT2D eigenvalue weighted by atomic mass is 10.1. The van der Waals surface area contributed by atoms with E-state index in [4.69, 9.17) is 16.3 Å². The molecule has 0 aliphatic rings. The van der Waals surface area contributed by atoms with Crippen LogP contribution in [0, 0.1) is 0 Å². The molecule has 0 saturated carbocycles. The topological polar surface area (TPSA) is 41.5 Å². The van der Waals surface area contributed by atoms with Crippen LogP contribution in [0.15, 0.2) is 24.3 Å². The molecule has 19 heavy (non-hydrogen) atoms. The van der Waals surface area contributed by atoms with E-state index in [0.717, 1.165) is 30.0 Å². The molecule has 1 aromatic rings. The summed E-state index contributed by atoms with van der Waals surface area (Å²) in [6, 6.07) is 7.91. The van der Waals surface area contributed by atoms with Crippen LogP contribution in [-0.2, 0) is 4.74 Å². The predicted octanol–water partition coefficient (Wildman–Crippen LogP) is 3.17. The molecule has 0 bridgehead atoms. The molecule has 0 amide bonds. The standard InChI is InChI=1S/C15H24ClNO2/c1-3-4-9-19-11-15(18)10-17-12(2)13-5-7-14(16)8-6-13/h5-8,12,15,17-18H,3-4,9-11H2,1-2H3. The molecule has 1 aromatic carbocycles. The van der Waals surface area contributed by atoms with Crippen molar-refractivity contribution in [1.29, 1.82) is 0 Å². The molecular weight excluding hydrogens is 262 g/mol. The Hall–Kier alpha value is -0.610. The van der Waals surface area contributed by atoms with Crippen LogP contribution in [0.4, 0.5) is 0 Å². The maximum atomic E-state index is 9.78. The van der Waals surface area contributed by atoms with Crippen LogP contribution in [0.2, 0.25) is 5.02 Å². The number of aliphatic hydroxyl groups excluding tert-OH is 1. The van der Waals surface area contributed by atoms with Crippen LogP contribution in [0.1, 0.15) is 38.3 Å². The van der Waals surface area contributed by atoms with Crippen molar-refractivity contribution in [3.8, 4) is 0 Å². The molecule has 1 rings (SSSR count). The Bertz CT molecular complexity index is 343. The lowest BCUT2D eigenvalue weighted by molar-refractivity contribution is 0.0348. The van der Waals surface area contributed by atoms with Gasteiger partial charge in [-0.25, -0.2) is 0 Å². The van der Waals surface area contributed by atoms with Crippen LogP contribution >= 0.6 is 11.6 Å². The fraction of sp³-hybridized carbons (Fsp3) is 0.600. The van der Waals surface area contributed by atoms with Gasteiger partial charge in [-0.3, -0.25) is 0 Å². The molecule has 0 heterocycles. The molecule has 4 heteroatoms. The van der Waals surface area contributed by atoms with Gasteiger partial charge in [-0.05, 0) is 31.0 Å². The monoisotopic (exact) mass is 285 g/mol. The Morgan fingerprint density at radius 2 is 2.00 bits per heavy atom. The van der Waals surface area contributed by atoms with Crippen molar-refractivity contribution in [2.45, 2.75) is 38.8 Å².